The Hall–Kier alpha value is -0.670. The van der Waals surface area contributed by atoms with E-state index in [-0.39, 0.29) is 18.4 Å². The van der Waals surface area contributed by atoms with Gasteiger partial charge >= 0.3 is 0 Å². The van der Waals surface area contributed by atoms with Gasteiger partial charge in [0, 0.05) is 12.1 Å². The molecule has 0 unspecified atom stereocenters. The molecular formula is C9H10ClF2N. The average Bonchev–Trinajstić information content (AvgIpc) is 1.79. The second-order valence-electron chi connectivity index (χ2n) is 3.00. The Morgan fingerprint density at radius 3 is 2.08 bits per heavy atom. The zero-order valence-corrected chi connectivity index (χ0v) is 7.70. The van der Waals surface area contributed by atoms with Gasteiger partial charge in [-0.2, -0.15) is 0 Å². The summed E-state index contributed by atoms with van der Waals surface area (Å²) in [6.07, 6.45) is 0.961. The zero-order valence-electron chi connectivity index (χ0n) is 6.89. The molecule has 0 aromatic heterocycles. The Morgan fingerprint density at radius 2 is 1.69 bits per heavy atom. The molecule has 0 bridgehead atoms. The summed E-state index contributed by atoms with van der Waals surface area (Å²) < 4.78 is 25.4. The number of hydrogen-bond donors (Lipinski definition) is 1. The van der Waals surface area contributed by atoms with Crippen LogP contribution in [-0.4, -0.2) is 6.54 Å². The fraction of sp³-hybridized carbons (Fsp3) is 0.333. The Labute approximate surface area is 81.6 Å². The number of halogens is 3. The molecule has 1 nitrogen and oxygen atoms in total. The Bertz CT molecular complexity index is 279. The molecule has 1 heterocycles. The third kappa shape index (κ3) is 2.17. The Morgan fingerprint density at radius 1 is 1.15 bits per heavy atom. The first-order valence-corrected chi connectivity index (χ1v) is 3.95. The van der Waals surface area contributed by atoms with E-state index in [0.29, 0.717) is 5.56 Å². The molecule has 1 aliphatic rings. The van der Waals surface area contributed by atoms with Gasteiger partial charge in [-0.05, 0) is 30.7 Å². The standard InChI is InChI=1S/C9H9F2N.ClH/c10-7-3-6(4-8(11)5-7)9-1-2-12-9;/h3-5,9,12H,1-2H2;1H/t9-;/m1./s1. The predicted molar refractivity (Wildman–Crippen MR) is 49.0 cm³/mol. The topological polar surface area (TPSA) is 12.0 Å². The molecule has 1 atom stereocenters. The molecule has 1 N–H and O–H groups in total. The smallest absolute Gasteiger partial charge is 0.126 e. The van der Waals surface area contributed by atoms with Gasteiger partial charge in [-0.3, -0.25) is 0 Å². The van der Waals surface area contributed by atoms with E-state index >= 15 is 0 Å². The SMILES string of the molecule is Cl.Fc1cc(F)cc([C@H]2CCN2)c1. The van der Waals surface area contributed by atoms with Crippen LogP contribution in [0.25, 0.3) is 0 Å². The molecule has 1 aromatic rings. The maximum Gasteiger partial charge on any atom is 0.126 e. The van der Waals surface area contributed by atoms with Crippen LogP contribution in [0.15, 0.2) is 18.2 Å². The lowest BCUT2D eigenvalue weighted by molar-refractivity contribution is 0.380. The van der Waals surface area contributed by atoms with Gasteiger partial charge in [0.15, 0.2) is 0 Å². The van der Waals surface area contributed by atoms with E-state index < -0.39 is 11.6 Å². The summed E-state index contributed by atoms with van der Waals surface area (Å²) in [5.41, 5.74) is 0.707. The summed E-state index contributed by atoms with van der Waals surface area (Å²) in [7, 11) is 0. The van der Waals surface area contributed by atoms with Crippen molar-refractivity contribution in [3.8, 4) is 0 Å². The number of nitrogens with one attached hydrogen (secondary N) is 1. The Kier molecular flexibility index (Phi) is 3.22. The lowest BCUT2D eigenvalue weighted by Gasteiger charge is -2.27. The summed E-state index contributed by atoms with van der Waals surface area (Å²) >= 11 is 0. The molecular weight excluding hydrogens is 196 g/mol. The molecule has 13 heavy (non-hydrogen) atoms. The summed E-state index contributed by atoms with van der Waals surface area (Å²) in [5, 5.41) is 3.08. The number of rotatable bonds is 1. The average molecular weight is 206 g/mol. The van der Waals surface area contributed by atoms with Crippen LogP contribution >= 0.6 is 12.4 Å². The van der Waals surface area contributed by atoms with Crippen molar-refractivity contribution in [2.75, 3.05) is 6.54 Å². The van der Waals surface area contributed by atoms with Crippen molar-refractivity contribution in [3.63, 3.8) is 0 Å². The summed E-state index contributed by atoms with van der Waals surface area (Å²) in [6.45, 7) is 0.933. The van der Waals surface area contributed by atoms with E-state index in [1.165, 1.54) is 12.1 Å². The third-order valence-corrected chi connectivity index (χ3v) is 2.11. The minimum absolute atomic E-state index is 0. The summed E-state index contributed by atoms with van der Waals surface area (Å²) in [4.78, 5) is 0. The lowest BCUT2D eigenvalue weighted by atomic mass is 9.98. The first-order valence-electron chi connectivity index (χ1n) is 3.95. The van der Waals surface area contributed by atoms with E-state index in [1.807, 2.05) is 0 Å². The molecule has 72 valence electrons. The van der Waals surface area contributed by atoms with Crippen molar-refractivity contribution in [2.45, 2.75) is 12.5 Å². The second-order valence-corrected chi connectivity index (χ2v) is 3.00. The van der Waals surface area contributed by atoms with E-state index in [9.17, 15) is 8.78 Å². The third-order valence-electron chi connectivity index (χ3n) is 2.11. The molecule has 1 aromatic carbocycles. The highest BCUT2D eigenvalue weighted by molar-refractivity contribution is 5.85. The normalized spacial score (nSPS) is 20.3. The van der Waals surface area contributed by atoms with Crippen LogP contribution in [0.4, 0.5) is 8.78 Å². The van der Waals surface area contributed by atoms with Gasteiger partial charge in [0.25, 0.3) is 0 Å². The lowest BCUT2D eigenvalue weighted by Crippen LogP contribution is -2.35. The van der Waals surface area contributed by atoms with Gasteiger partial charge in [0.2, 0.25) is 0 Å². The largest absolute Gasteiger partial charge is 0.310 e. The monoisotopic (exact) mass is 205 g/mol. The van der Waals surface area contributed by atoms with Crippen molar-refractivity contribution in [2.24, 2.45) is 0 Å². The molecule has 0 amide bonds. The van der Waals surface area contributed by atoms with Gasteiger partial charge in [-0.1, -0.05) is 0 Å². The number of benzene rings is 1. The van der Waals surface area contributed by atoms with E-state index in [2.05, 4.69) is 5.32 Å². The van der Waals surface area contributed by atoms with Crippen LogP contribution in [0.5, 0.6) is 0 Å². The van der Waals surface area contributed by atoms with Crippen LogP contribution < -0.4 is 5.32 Å². The van der Waals surface area contributed by atoms with Gasteiger partial charge in [0.05, 0.1) is 0 Å². The summed E-state index contributed by atoms with van der Waals surface area (Å²) in [5.74, 6) is -1.00. The maximum absolute atomic E-state index is 12.7. The van der Waals surface area contributed by atoms with Crippen molar-refractivity contribution in [1.29, 1.82) is 0 Å². The van der Waals surface area contributed by atoms with E-state index in [0.717, 1.165) is 19.0 Å². The molecule has 0 spiro atoms. The minimum Gasteiger partial charge on any atom is -0.310 e. The molecule has 4 heteroatoms. The van der Waals surface area contributed by atoms with Crippen molar-refractivity contribution >= 4 is 12.4 Å². The molecule has 0 aliphatic carbocycles. The minimum atomic E-state index is -0.501. The van der Waals surface area contributed by atoms with E-state index in [4.69, 9.17) is 0 Å². The zero-order chi connectivity index (χ0) is 8.55. The van der Waals surface area contributed by atoms with Crippen LogP contribution in [0, 0.1) is 11.6 Å². The quantitative estimate of drug-likeness (QED) is 0.743. The molecule has 1 fully saturated rings. The van der Waals surface area contributed by atoms with Crippen molar-refractivity contribution in [1.82, 2.24) is 5.32 Å². The van der Waals surface area contributed by atoms with Crippen LogP contribution in [0.3, 0.4) is 0 Å². The van der Waals surface area contributed by atoms with Gasteiger partial charge < -0.3 is 5.32 Å². The molecule has 0 radical (unpaired) electrons. The number of hydrogen-bond acceptors (Lipinski definition) is 1. The van der Waals surface area contributed by atoms with Crippen molar-refractivity contribution in [3.05, 3.63) is 35.4 Å². The van der Waals surface area contributed by atoms with Gasteiger partial charge in [-0.25, -0.2) is 8.78 Å². The first kappa shape index (κ1) is 10.4. The summed E-state index contributed by atoms with van der Waals surface area (Å²) in [6, 6.07) is 3.79. The molecule has 2 rings (SSSR count). The van der Waals surface area contributed by atoms with Crippen LogP contribution in [0.2, 0.25) is 0 Å². The predicted octanol–water partition coefficient (Wildman–Crippen LogP) is 2.42. The van der Waals surface area contributed by atoms with E-state index in [1.54, 1.807) is 0 Å². The highest BCUT2D eigenvalue weighted by Crippen LogP contribution is 2.23. The second kappa shape index (κ2) is 4.03. The van der Waals surface area contributed by atoms with Crippen molar-refractivity contribution < 1.29 is 8.78 Å². The Balaban J connectivity index is 0.000000845. The highest BCUT2D eigenvalue weighted by Gasteiger charge is 2.19. The fourth-order valence-corrected chi connectivity index (χ4v) is 1.35. The van der Waals surface area contributed by atoms with Crippen LogP contribution in [0.1, 0.15) is 18.0 Å². The van der Waals surface area contributed by atoms with Crippen LogP contribution in [-0.2, 0) is 0 Å². The first-order chi connectivity index (χ1) is 5.75. The molecule has 1 aliphatic heterocycles. The van der Waals surface area contributed by atoms with Gasteiger partial charge in [0.1, 0.15) is 11.6 Å². The molecule has 0 saturated carbocycles. The molecule has 1 saturated heterocycles. The van der Waals surface area contributed by atoms with Gasteiger partial charge in [-0.15, -0.1) is 12.4 Å². The highest BCUT2D eigenvalue weighted by atomic mass is 35.5. The fourth-order valence-electron chi connectivity index (χ4n) is 1.35. The maximum atomic E-state index is 12.7.